The largest absolute Gasteiger partial charge is 0.388 e. The van der Waals surface area contributed by atoms with E-state index >= 15 is 0 Å². The molecule has 12 atom stereocenters. The summed E-state index contributed by atoms with van der Waals surface area (Å²) in [4.78, 5) is 0. The van der Waals surface area contributed by atoms with Crippen molar-refractivity contribution < 1.29 is 49.6 Å². The van der Waals surface area contributed by atoms with E-state index in [0.717, 1.165) is 18.8 Å². The van der Waals surface area contributed by atoms with Gasteiger partial charge in [-0.2, -0.15) is 0 Å². The second kappa shape index (κ2) is 9.09. The van der Waals surface area contributed by atoms with Crippen LogP contribution in [0.15, 0.2) is 0 Å². The molecule has 2 saturated heterocycles. The van der Waals surface area contributed by atoms with E-state index in [4.69, 9.17) is 18.9 Å². The minimum Gasteiger partial charge on any atom is -0.388 e. The van der Waals surface area contributed by atoms with Gasteiger partial charge in [0.1, 0.15) is 42.7 Å². The third-order valence-corrected chi connectivity index (χ3v) is 8.02. The molecule has 180 valence electrons. The molecule has 2 heterocycles. The molecule has 31 heavy (non-hydrogen) atoms. The fraction of sp³-hybridized carbons (Fsp3) is 1.00. The highest BCUT2D eigenvalue weighted by atomic mass is 16.7. The van der Waals surface area contributed by atoms with Crippen molar-refractivity contribution in [3.8, 4) is 0 Å². The van der Waals surface area contributed by atoms with Gasteiger partial charge in [-0.05, 0) is 42.4 Å². The van der Waals surface area contributed by atoms with Crippen LogP contribution in [0.2, 0.25) is 0 Å². The molecule has 0 spiro atoms. The van der Waals surface area contributed by atoms with Crippen molar-refractivity contribution in [3.63, 3.8) is 0 Å². The van der Waals surface area contributed by atoms with Gasteiger partial charge < -0.3 is 49.6 Å². The smallest absolute Gasteiger partial charge is 0.186 e. The van der Waals surface area contributed by atoms with Gasteiger partial charge >= 0.3 is 0 Å². The Bertz CT molecular complexity index is 615. The maximum absolute atomic E-state index is 10.3. The number of aliphatic hydroxyl groups excluding tert-OH is 6. The van der Waals surface area contributed by atoms with Crippen molar-refractivity contribution in [1.29, 1.82) is 0 Å². The third kappa shape index (κ3) is 4.40. The van der Waals surface area contributed by atoms with Crippen LogP contribution < -0.4 is 0 Å². The molecule has 0 aromatic rings. The second-order valence-electron chi connectivity index (χ2n) is 10.1. The fourth-order valence-electron chi connectivity index (χ4n) is 5.69. The molecule has 5 rings (SSSR count). The maximum atomic E-state index is 10.3. The van der Waals surface area contributed by atoms with Crippen LogP contribution in [0.25, 0.3) is 0 Å². The highest BCUT2D eigenvalue weighted by molar-refractivity contribution is 5.03. The lowest BCUT2D eigenvalue weighted by atomic mass is 9.46. The highest BCUT2D eigenvalue weighted by Gasteiger charge is 2.54. The van der Waals surface area contributed by atoms with E-state index in [9.17, 15) is 30.6 Å². The molecule has 2 bridgehead atoms. The molecule has 2 aliphatic heterocycles. The molecular weight excluding hydrogens is 412 g/mol. The molecular formula is C21H36O10. The molecule has 10 nitrogen and oxygen atoms in total. The third-order valence-electron chi connectivity index (χ3n) is 8.02. The molecule has 0 amide bonds. The fourth-order valence-corrected chi connectivity index (χ4v) is 5.69. The second-order valence-corrected chi connectivity index (χ2v) is 10.1. The summed E-state index contributed by atoms with van der Waals surface area (Å²) in [5, 5.41) is 60.1. The number of fused-ring (bicyclic) bond motifs is 2. The van der Waals surface area contributed by atoms with Crippen molar-refractivity contribution in [3.05, 3.63) is 0 Å². The lowest BCUT2D eigenvalue weighted by Gasteiger charge is -2.60. The maximum Gasteiger partial charge on any atom is 0.186 e. The van der Waals surface area contributed by atoms with Crippen LogP contribution in [0.3, 0.4) is 0 Å². The lowest BCUT2D eigenvalue weighted by Crippen LogP contribution is -2.61. The predicted octanol–water partition coefficient (Wildman–Crippen LogP) is -1.66. The van der Waals surface area contributed by atoms with Gasteiger partial charge in [-0.15, -0.1) is 0 Å². The van der Waals surface area contributed by atoms with E-state index in [1.165, 1.54) is 6.42 Å². The van der Waals surface area contributed by atoms with Crippen molar-refractivity contribution in [2.45, 2.75) is 88.4 Å². The molecule has 6 N–H and O–H groups in total. The summed E-state index contributed by atoms with van der Waals surface area (Å²) in [6.07, 6.45) is -8.46. The zero-order valence-electron chi connectivity index (χ0n) is 18.0. The summed E-state index contributed by atoms with van der Waals surface area (Å²) in [5.74, 6) is 1.68. The zero-order valence-corrected chi connectivity index (χ0v) is 18.0. The minimum absolute atomic E-state index is 0.218. The topological polar surface area (TPSA) is 158 Å². The molecule has 0 unspecified atom stereocenters. The molecule has 0 radical (unpaired) electrons. The van der Waals surface area contributed by atoms with E-state index in [0.29, 0.717) is 23.9 Å². The van der Waals surface area contributed by atoms with Gasteiger partial charge in [0.25, 0.3) is 0 Å². The Morgan fingerprint density at radius 2 is 1.48 bits per heavy atom. The van der Waals surface area contributed by atoms with Crippen molar-refractivity contribution in [2.75, 3.05) is 19.8 Å². The molecule has 0 aromatic carbocycles. The van der Waals surface area contributed by atoms with Crippen molar-refractivity contribution >= 4 is 0 Å². The zero-order chi connectivity index (χ0) is 22.5. The minimum atomic E-state index is -1.49. The highest BCUT2D eigenvalue weighted by Crippen LogP contribution is 2.61. The summed E-state index contributed by atoms with van der Waals surface area (Å²) in [7, 11) is 0. The van der Waals surface area contributed by atoms with Crippen LogP contribution in [0.1, 0.15) is 33.1 Å². The summed E-state index contributed by atoms with van der Waals surface area (Å²) in [6.45, 7) is 4.47. The number of aliphatic hydroxyl groups is 6. The Balaban J connectivity index is 1.31. The first-order chi connectivity index (χ1) is 14.6. The van der Waals surface area contributed by atoms with E-state index in [-0.39, 0.29) is 13.2 Å². The Labute approximate surface area is 181 Å². The number of rotatable bonds is 6. The van der Waals surface area contributed by atoms with Crippen LogP contribution in [0, 0.1) is 23.2 Å². The summed E-state index contributed by atoms with van der Waals surface area (Å²) >= 11 is 0. The monoisotopic (exact) mass is 448 g/mol. The molecule has 3 saturated carbocycles. The van der Waals surface area contributed by atoms with E-state index in [2.05, 4.69) is 13.8 Å². The van der Waals surface area contributed by atoms with Gasteiger partial charge in [0.15, 0.2) is 12.6 Å². The van der Waals surface area contributed by atoms with Crippen molar-refractivity contribution in [2.24, 2.45) is 23.2 Å². The van der Waals surface area contributed by atoms with Crippen LogP contribution in [-0.2, 0) is 18.9 Å². The van der Waals surface area contributed by atoms with E-state index in [1.54, 1.807) is 0 Å². The van der Waals surface area contributed by atoms with Gasteiger partial charge in [-0.25, -0.2) is 0 Å². The molecule has 5 fully saturated rings. The van der Waals surface area contributed by atoms with Crippen LogP contribution >= 0.6 is 0 Å². The van der Waals surface area contributed by atoms with Gasteiger partial charge in [0.05, 0.1) is 19.8 Å². The Kier molecular flexibility index (Phi) is 6.97. The first-order valence-electron chi connectivity index (χ1n) is 11.2. The number of ether oxygens (including phenoxy) is 4. The summed E-state index contributed by atoms with van der Waals surface area (Å²) in [5.41, 5.74) is 0.295. The average Bonchev–Trinajstić information content (AvgIpc) is 2.75. The molecule has 0 aromatic heterocycles. The first kappa shape index (κ1) is 23.7. The van der Waals surface area contributed by atoms with E-state index < -0.39 is 55.3 Å². The van der Waals surface area contributed by atoms with Crippen LogP contribution in [0.4, 0.5) is 0 Å². The Hall–Kier alpha value is -0.400. The number of hydrogen-bond donors (Lipinski definition) is 6. The number of hydrogen-bond acceptors (Lipinski definition) is 10. The van der Waals surface area contributed by atoms with Gasteiger partial charge in [-0.1, -0.05) is 13.8 Å². The molecule has 5 aliphatic rings. The van der Waals surface area contributed by atoms with E-state index in [1.807, 2.05) is 0 Å². The first-order valence-corrected chi connectivity index (χ1v) is 11.2. The van der Waals surface area contributed by atoms with Crippen LogP contribution in [0.5, 0.6) is 0 Å². The SMILES string of the molecule is CC1(C)[C@@H]2CC[C@H](CO[C@@H]3O[C@H](CO[C@@H]4OC[C@H](O)[C@H](O)[C@H]4O)[C@@H](O)[C@H](O)[C@H]3O)[C@H]1C2. The summed E-state index contributed by atoms with van der Waals surface area (Å²) < 4.78 is 22.2. The van der Waals surface area contributed by atoms with Crippen molar-refractivity contribution in [1.82, 2.24) is 0 Å². The van der Waals surface area contributed by atoms with Crippen LogP contribution in [-0.4, -0.2) is 106 Å². The van der Waals surface area contributed by atoms with Gasteiger partial charge in [0.2, 0.25) is 0 Å². The molecule has 3 aliphatic carbocycles. The van der Waals surface area contributed by atoms with Gasteiger partial charge in [-0.3, -0.25) is 0 Å². The quantitative estimate of drug-likeness (QED) is 0.278. The Morgan fingerprint density at radius 3 is 2.16 bits per heavy atom. The average molecular weight is 449 g/mol. The molecule has 10 heteroatoms. The Morgan fingerprint density at radius 1 is 0.806 bits per heavy atom. The summed E-state index contributed by atoms with van der Waals surface area (Å²) in [6, 6.07) is 0. The lowest BCUT2D eigenvalue weighted by molar-refractivity contribution is -0.324. The normalized spacial score (nSPS) is 51.9. The van der Waals surface area contributed by atoms with Gasteiger partial charge in [0, 0.05) is 0 Å². The predicted molar refractivity (Wildman–Crippen MR) is 104 cm³/mol. The standard InChI is InChI=1S/C21H36O10/c1-21(2)10-4-3-9(11(21)5-10)6-28-20-18(27)16(25)15(24)13(31-20)8-30-19-17(26)14(23)12(22)7-29-19/h9-20,22-27H,3-8H2,1-2H3/t9-,10-,11-,12+,13-,14+,15-,16+,17-,18-,19+,20-/m1/s1.